The summed E-state index contributed by atoms with van der Waals surface area (Å²) in [4.78, 5) is 23.6. The molecule has 0 unspecified atom stereocenters. The fraction of sp³-hybridized carbons (Fsp3) is 0.320. The first-order valence-electron chi connectivity index (χ1n) is 10.8. The number of aryl methyl sites for hydroxylation is 2. The Morgan fingerprint density at radius 2 is 1.88 bits per heavy atom. The zero-order valence-corrected chi connectivity index (χ0v) is 18.5. The second-order valence-corrected chi connectivity index (χ2v) is 7.89. The van der Waals surface area contributed by atoms with Crippen molar-refractivity contribution in [1.29, 1.82) is 0 Å². The lowest BCUT2D eigenvalue weighted by molar-refractivity contribution is 0.0950. The summed E-state index contributed by atoms with van der Waals surface area (Å²) in [5, 5.41) is 3.02. The van der Waals surface area contributed by atoms with Crippen molar-refractivity contribution in [2.75, 3.05) is 31.2 Å². The Labute approximate surface area is 188 Å². The van der Waals surface area contributed by atoms with Crippen molar-refractivity contribution in [2.24, 2.45) is 0 Å². The first-order valence-corrected chi connectivity index (χ1v) is 10.8. The van der Waals surface area contributed by atoms with Gasteiger partial charge in [0.25, 0.3) is 5.91 Å². The van der Waals surface area contributed by atoms with Crippen LogP contribution in [-0.2, 0) is 17.9 Å². The van der Waals surface area contributed by atoms with E-state index < -0.39 is 0 Å². The van der Waals surface area contributed by atoms with Gasteiger partial charge in [0.2, 0.25) is 0 Å². The number of ether oxygens (including phenoxy) is 2. The van der Waals surface area contributed by atoms with E-state index in [0.29, 0.717) is 31.9 Å². The van der Waals surface area contributed by atoms with Gasteiger partial charge >= 0.3 is 0 Å². The van der Waals surface area contributed by atoms with Crippen molar-refractivity contribution >= 4 is 11.7 Å². The number of aromatic nitrogens is 2. The number of benzene rings is 1. The Balaban J connectivity index is 1.38. The fourth-order valence-electron chi connectivity index (χ4n) is 3.77. The summed E-state index contributed by atoms with van der Waals surface area (Å²) in [5.74, 6) is 1.61. The van der Waals surface area contributed by atoms with E-state index in [1.54, 1.807) is 18.6 Å². The van der Waals surface area contributed by atoms with Gasteiger partial charge < -0.3 is 19.7 Å². The molecule has 1 N–H and O–H groups in total. The number of nitrogens with zero attached hydrogens (tertiary/aromatic N) is 3. The van der Waals surface area contributed by atoms with Crippen LogP contribution in [0.1, 0.15) is 32.6 Å². The summed E-state index contributed by atoms with van der Waals surface area (Å²) in [6, 6.07) is 11.6. The van der Waals surface area contributed by atoms with Crippen molar-refractivity contribution in [3.8, 4) is 5.75 Å². The Kier molecular flexibility index (Phi) is 6.97. The van der Waals surface area contributed by atoms with E-state index in [9.17, 15) is 4.79 Å². The van der Waals surface area contributed by atoms with Crippen LogP contribution in [0, 0.1) is 13.8 Å². The van der Waals surface area contributed by atoms with Crippen LogP contribution in [0.5, 0.6) is 5.75 Å². The van der Waals surface area contributed by atoms with Crippen LogP contribution < -0.4 is 15.0 Å². The molecule has 4 rings (SSSR count). The first-order chi connectivity index (χ1) is 15.6. The van der Waals surface area contributed by atoms with Gasteiger partial charge in [0.05, 0.1) is 13.2 Å². The lowest BCUT2D eigenvalue weighted by atomic mass is 10.0. The Bertz CT molecular complexity index is 1040. The molecule has 3 aromatic rings. The Hall–Kier alpha value is -3.45. The molecule has 0 spiro atoms. The zero-order chi connectivity index (χ0) is 22.3. The molecule has 2 aromatic heterocycles. The molecular weight excluding hydrogens is 404 g/mol. The number of amides is 1. The van der Waals surface area contributed by atoms with E-state index in [0.717, 1.165) is 46.9 Å². The largest absolute Gasteiger partial charge is 0.488 e. The number of pyridine rings is 2. The zero-order valence-electron chi connectivity index (χ0n) is 18.5. The molecule has 1 aliphatic rings. The van der Waals surface area contributed by atoms with Gasteiger partial charge in [0.1, 0.15) is 18.2 Å². The molecule has 0 aliphatic carbocycles. The van der Waals surface area contributed by atoms with Gasteiger partial charge in [0.15, 0.2) is 0 Å². The summed E-state index contributed by atoms with van der Waals surface area (Å²) in [6.07, 6.45) is 5.31. The average molecular weight is 433 g/mol. The standard InChI is InChI=1S/C25H28N4O3/c1-18-12-22(13-19(2)24(18)32-17-21-4-3-6-26-15-21)25(30)28-16-20-5-7-27-23(14-20)29-8-10-31-11-9-29/h3-7,12-15H,8-11,16-17H2,1-2H3,(H,28,30). The number of anilines is 1. The molecule has 3 heterocycles. The predicted octanol–water partition coefficient (Wildman–Crippen LogP) is 3.44. The maximum atomic E-state index is 12.8. The highest BCUT2D eigenvalue weighted by molar-refractivity contribution is 5.94. The normalized spacial score (nSPS) is 13.6. The second kappa shape index (κ2) is 10.2. The second-order valence-electron chi connectivity index (χ2n) is 7.89. The summed E-state index contributed by atoms with van der Waals surface area (Å²) in [7, 11) is 0. The smallest absolute Gasteiger partial charge is 0.251 e. The maximum Gasteiger partial charge on any atom is 0.251 e. The fourth-order valence-corrected chi connectivity index (χ4v) is 3.77. The van der Waals surface area contributed by atoms with Crippen molar-refractivity contribution in [1.82, 2.24) is 15.3 Å². The summed E-state index contributed by atoms with van der Waals surface area (Å²) in [5.41, 5.74) is 4.49. The van der Waals surface area contributed by atoms with Crippen molar-refractivity contribution in [2.45, 2.75) is 27.0 Å². The number of carbonyl (C=O) groups excluding carboxylic acids is 1. The summed E-state index contributed by atoms with van der Waals surface area (Å²) >= 11 is 0. The van der Waals surface area contributed by atoms with Gasteiger partial charge in [-0.25, -0.2) is 4.98 Å². The Morgan fingerprint density at radius 1 is 1.09 bits per heavy atom. The minimum Gasteiger partial charge on any atom is -0.488 e. The molecular formula is C25H28N4O3. The number of morpholine rings is 1. The highest BCUT2D eigenvalue weighted by Crippen LogP contribution is 2.26. The molecule has 0 bridgehead atoms. The average Bonchev–Trinajstić information content (AvgIpc) is 2.83. The van der Waals surface area contributed by atoms with Gasteiger partial charge in [-0.15, -0.1) is 0 Å². The number of hydrogen-bond donors (Lipinski definition) is 1. The lowest BCUT2D eigenvalue weighted by Gasteiger charge is -2.28. The third kappa shape index (κ3) is 5.42. The molecule has 1 aliphatic heterocycles. The van der Waals surface area contributed by atoms with Crippen LogP contribution >= 0.6 is 0 Å². The molecule has 1 amide bonds. The molecule has 32 heavy (non-hydrogen) atoms. The SMILES string of the molecule is Cc1cc(C(=O)NCc2ccnc(N3CCOCC3)c2)cc(C)c1OCc1cccnc1. The van der Waals surface area contributed by atoms with E-state index in [-0.39, 0.29) is 5.91 Å². The van der Waals surface area contributed by atoms with Gasteiger partial charge in [-0.05, 0) is 60.9 Å². The van der Waals surface area contributed by atoms with Crippen molar-refractivity contribution in [3.63, 3.8) is 0 Å². The predicted molar refractivity (Wildman–Crippen MR) is 123 cm³/mol. The van der Waals surface area contributed by atoms with Crippen LogP contribution in [0.3, 0.4) is 0 Å². The quantitative estimate of drug-likeness (QED) is 0.616. The topological polar surface area (TPSA) is 76.6 Å². The van der Waals surface area contributed by atoms with Gasteiger partial charge in [-0.3, -0.25) is 9.78 Å². The van der Waals surface area contributed by atoms with E-state index in [4.69, 9.17) is 9.47 Å². The number of nitrogens with one attached hydrogen (secondary N) is 1. The molecule has 1 aromatic carbocycles. The van der Waals surface area contributed by atoms with Crippen molar-refractivity contribution in [3.05, 3.63) is 82.8 Å². The molecule has 0 atom stereocenters. The molecule has 166 valence electrons. The molecule has 1 saturated heterocycles. The van der Waals surface area contributed by atoms with Gasteiger partial charge in [-0.1, -0.05) is 6.07 Å². The third-order valence-electron chi connectivity index (χ3n) is 5.43. The molecule has 7 nitrogen and oxygen atoms in total. The molecule has 0 saturated carbocycles. The number of rotatable bonds is 7. The highest BCUT2D eigenvalue weighted by atomic mass is 16.5. The molecule has 0 radical (unpaired) electrons. The minimum absolute atomic E-state index is 0.111. The van der Waals surface area contributed by atoms with E-state index in [1.807, 2.05) is 50.2 Å². The van der Waals surface area contributed by atoms with Crippen LogP contribution in [0.2, 0.25) is 0 Å². The monoisotopic (exact) mass is 432 g/mol. The van der Waals surface area contributed by atoms with E-state index in [2.05, 4.69) is 20.2 Å². The Morgan fingerprint density at radius 3 is 2.59 bits per heavy atom. The first kappa shape index (κ1) is 21.8. The van der Waals surface area contributed by atoms with E-state index in [1.165, 1.54) is 0 Å². The number of carbonyl (C=O) groups is 1. The third-order valence-corrected chi connectivity index (χ3v) is 5.43. The van der Waals surface area contributed by atoms with Gasteiger partial charge in [-0.2, -0.15) is 0 Å². The van der Waals surface area contributed by atoms with Crippen LogP contribution in [0.25, 0.3) is 0 Å². The number of hydrogen-bond acceptors (Lipinski definition) is 6. The van der Waals surface area contributed by atoms with Crippen molar-refractivity contribution < 1.29 is 14.3 Å². The van der Waals surface area contributed by atoms with Crippen LogP contribution in [-0.4, -0.2) is 42.2 Å². The maximum absolute atomic E-state index is 12.8. The summed E-state index contributed by atoms with van der Waals surface area (Å²) < 4.78 is 11.4. The van der Waals surface area contributed by atoms with E-state index >= 15 is 0 Å². The van der Waals surface area contributed by atoms with Crippen LogP contribution in [0.15, 0.2) is 55.0 Å². The molecule has 7 heteroatoms. The lowest BCUT2D eigenvalue weighted by Crippen LogP contribution is -2.36. The highest BCUT2D eigenvalue weighted by Gasteiger charge is 2.14. The van der Waals surface area contributed by atoms with Crippen LogP contribution in [0.4, 0.5) is 5.82 Å². The summed E-state index contributed by atoms with van der Waals surface area (Å²) in [6.45, 7) is 7.88. The minimum atomic E-state index is -0.111. The van der Waals surface area contributed by atoms with Gasteiger partial charge in [0, 0.05) is 49.4 Å². The molecule has 1 fully saturated rings.